The molecule has 5 nitrogen and oxygen atoms in total. The summed E-state index contributed by atoms with van der Waals surface area (Å²) < 4.78 is 31.6. The molecule has 0 saturated carbocycles. The number of fused-ring (bicyclic) bond motifs is 1. The molecule has 0 amide bonds. The molecule has 0 bridgehead atoms. The van der Waals surface area contributed by atoms with Gasteiger partial charge in [0.2, 0.25) is 5.82 Å². The molecule has 0 atom stereocenters. The van der Waals surface area contributed by atoms with Crippen molar-refractivity contribution in [2.45, 2.75) is 0 Å². The van der Waals surface area contributed by atoms with Crippen LogP contribution < -0.4 is 10.3 Å². The molecule has 0 fully saturated rings. The maximum absolute atomic E-state index is 13.5. The van der Waals surface area contributed by atoms with E-state index < -0.39 is 17.2 Å². The third-order valence-corrected chi connectivity index (χ3v) is 2.61. The molecule has 100 valence electrons. The Balaban J connectivity index is 2.07. The normalized spacial score (nSPS) is 10.7. The van der Waals surface area contributed by atoms with Crippen LogP contribution in [0, 0.1) is 11.6 Å². The van der Waals surface area contributed by atoms with Crippen molar-refractivity contribution < 1.29 is 13.5 Å². The third kappa shape index (κ3) is 2.09. The topological polar surface area (TPSA) is 67.9 Å². The number of rotatable bonds is 2. The second kappa shape index (κ2) is 4.69. The molecular formula is C13H7F2N3O2. The molecule has 0 aliphatic carbocycles. The average Bonchev–Trinajstić information content (AvgIpc) is 2.44. The fourth-order valence-electron chi connectivity index (χ4n) is 1.68. The first-order valence-electron chi connectivity index (χ1n) is 5.61. The van der Waals surface area contributed by atoms with Crippen molar-refractivity contribution in [2.75, 3.05) is 0 Å². The van der Waals surface area contributed by atoms with Crippen molar-refractivity contribution in [1.29, 1.82) is 0 Å². The summed E-state index contributed by atoms with van der Waals surface area (Å²) >= 11 is 0. The number of aromatic amines is 1. The van der Waals surface area contributed by atoms with Gasteiger partial charge in [0.25, 0.3) is 5.56 Å². The maximum Gasteiger partial charge on any atom is 0.302 e. The maximum atomic E-state index is 13.5. The molecule has 0 spiro atoms. The van der Waals surface area contributed by atoms with Crippen LogP contribution in [-0.2, 0) is 0 Å². The number of halogens is 2. The van der Waals surface area contributed by atoms with Crippen molar-refractivity contribution in [3.05, 3.63) is 58.6 Å². The van der Waals surface area contributed by atoms with Gasteiger partial charge in [-0.05, 0) is 18.2 Å². The van der Waals surface area contributed by atoms with Gasteiger partial charge in [-0.1, -0.05) is 6.07 Å². The summed E-state index contributed by atoms with van der Waals surface area (Å²) in [5, 5.41) is 0.326. The van der Waals surface area contributed by atoms with Crippen LogP contribution in [0.2, 0.25) is 0 Å². The van der Waals surface area contributed by atoms with Crippen LogP contribution in [0.3, 0.4) is 0 Å². The van der Waals surface area contributed by atoms with E-state index in [4.69, 9.17) is 4.74 Å². The molecule has 1 N–H and O–H groups in total. The van der Waals surface area contributed by atoms with Gasteiger partial charge < -0.3 is 4.74 Å². The predicted octanol–water partition coefficient (Wildman–Crippen LogP) is 2.39. The Kier molecular flexibility index (Phi) is 2.86. The van der Waals surface area contributed by atoms with E-state index in [0.29, 0.717) is 10.9 Å². The number of pyridine rings is 1. The molecule has 0 aliphatic heterocycles. The Morgan fingerprint density at radius 2 is 2.05 bits per heavy atom. The first-order chi connectivity index (χ1) is 9.65. The predicted molar refractivity (Wildman–Crippen MR) is 66.6 cm³/mol. The fraction of sp³-hybridized carbons (Fsp3) is 0. The second-order valence-corrected chi connectivity index (χ2v) is 3.92. The number of aromatic nitrogens is 3. The summed E-state index contributed by atoms with van der Waals surface area (Å²) in [5.41, 5.74) is -0.160. The largest absolute Gasteiger partial charge is 0.422 e. The summed E-state index contributed by atoms with van der Waals surface area (Å²) in [4.78, 5) is 21.9. The Morgan fingerprint density at radius 3 is 2.90 bits per heavy atom. The minimum atomic E-state index is -1.15. The lowest BCUT2D eigenvalue weighted by molar-refractivity contribution is 0.393. The number of H-pyrrole nitrogens is 1. The van der Waals surface area contributed by atoms with Crippen LogP contribution in [0.25, 0.3) is 10.9 Å². The summed E-state index contributed by atoms with van der Waals surface area (Å²) in [6.07, 6.45) is 2.82. The standard InChI is InChI=1S/C13H7F2N3O2/c14-8-2-1-3-10(11(8)15)20-13-17-9-6-16-5-4-7(9)12(19)18-13/h1-6H,(H,17,18,19). The molecule has 3 aromatic rings. The van der Waals surface area contributed by atoms with Gasteiger partial charge in [-0.3, -0.25) is 14.8 Å². The number of nitrogens with zero attached hydrogens (tertiary/aromatic N) is 2. The van der Waals surface area contributed by atoms with Gasteiger partial charge in [0.15, 0.2) is 11.6 Å². The van der Waals surface area contributed by atoms with Crippen LogP contribution in [0.4, 0.5) is 8.78 Å². The zero-order valence-electron chi connectivity index (χ0n) is 9.93. The zero-order valence-corrected chi connectivity index (χ0v) is 9.93. The van der Waals surface area contributed by atoms with Crippen LogP contribution in [-0.4, -0.2) is 15.0 Å². The minimum Gasteiger partial charge on any atom is -0.422 e. The quantitative estimate of drug-likeness (QED) is 0.779. The third-order valence-electron chi connectivity index (χ3n) is 2.61. The lowest BCUT2D eigenvalue weighted by Gasteiger charge is -2.06. The van der Waals surface area contributed by atoms with Crippen molar-refractivity contribution in [3.8, 4) is 11.8 Å². The van der Waals surface area contributed by atoms with Gasteiger partial charge in [0.05, 0.1) is 17.1 Å². The van der Waals surface area contributed by atoms with Crippen LogP contribution >= 0.6 is 0 Å². The van der Waals surface area contributed by atoms with E-state index in [2.05, 4.69) is 15.0 Å². The average molecular weight is 275 g/mol. The van der Waals surface area contributed by atoms with E-state index in [-0.39, 0.29) is 11.8 Å². The summed E-state index contributed by atoms with van der Waals surface area (Å²) in [6, 6.07) is 4.73. The lowest BCUT2D eigenvalue weighted by Crippen LogP contribution is -2.09. The number of ether oxygens (including phenoxy) is 1. The summed E-state index contributed by atoms with van der Waals surface area (Å²) in [6.45, 7) is 0. The van der Waals surface area contributed by atoms with Crippen LogP contribution in [0.5, 0.6) is 11.8 Å². The summed E-state index contributed by atoms with van der Waals surface area (Å²) in [7, 11) is 0. The van der Waals surface area contributed by atoms with E-state index in [1.54, 1.807) is 0 Å². The SMILES string of the molecule is O=c1[nH]c(Oc2cccc(F)c2F)nc2cnccc12. The minimum absolute atomic E-state index is 0.236. The molecule has 0 aliphatic rings. The van der Waals surface area contributed by atoms with Gasteiger partial charge in [-0.2, -0.15) is 9.37 Å². The highest BCUT2D eigenvalue weighted by Gasteiger charge is 2.12. The van der Waals surface area contributed by atoms with Crippen molar-refractivity contribution in [3.63, 3.8) is 0 Å². The Morgan fingerprint density at radius 1 is 1.20 bits per heavy atom. The highest BCUT2D eigenvalue weighted by molar-refractivity contribution is 5.76. The monoisotopic (exact) mass is 275 g/mol. The molecule has 0 unspecified atom stereocenters. The molecule has 3 rings (SSSR count). The lowest BCUT2D eigenvalue weighted by atomic mass is 10.3. The van der Waals surface area contributed by atoms with Crippen molar-refractivity contribution in [2.24, 2.45) is 0 Å². The summed E-state index contributed by atoms with van der Waals surface area (Å²) in [5.74, 6) is -2.56. The molecule has 0 radical (unpaired) electrons. The van der Waals surface area contributed by atoms with E-state index in [1.807, 2.05) is 0 Å². The Bertz CT molecular complexity index is 848. The molecule has 2 aromatic heterocycles. The van der Waals surface area contributed by atoms with E-state index >= 15 is 0 Å². The highest BCUT2D eigenvalue weighted by Crippen LogP contribution is 2.23. The van der Waals surface area contributed by atoms with Gasteiger partial charge >= 0.3 is 6.01 Å². The van der Waals surface area contributed by atoms with Gasteiger partial charge in [-0.25, -0.2) is 4.39 Å². The Labute approximate surface area is 110 Å². The molecule has 0 saturated heterocycles. The van der Waals surface area contributed by atoms with Gasteiger partial charge in [0.1, 0.15) is 0 Å². The fourth-order valence-corrected chi connectivity index (χ4v) is 1.68. The number of nitrogens with one attached hydrogen (secondary N) is 1. The first kappa shape index (κ1) is 12.2. The second-order valence-electron chi connectivity index (χ2n) is 3.92. The molecule has 7 heteroatoms. The zero-order chi connectivity index (χ0) is 14.1. The Hall–Kier alpha value is -2.83. The molecular weight excluding hydrogens is 268 g/mol. The van der Waals surface area contributed by atoms with Crippen LogP contribution in [0.15, 0.2) is 41.5 Å². The first-order valence-corrected chi connectivity index (χ1v) is 5.61. The number of benzene rings is 1. The van der Waals surface area contributed by atoms with Crippen molar-refractivity contribution >= 4 is 10.9 Å². The van der Waals surface area contributed by atoms with E-state index in [0.717, 1.165) is 6.07 Å². The van der Waals surface area contributed by atoms with E-state index in [1.165, 1.54) is 30.6 Å². The van der Waals surface area contributed by atoms with Crippen molar-refractivity contribution in [1.82, 2.24) is 15.0 Å². The van der Waals surface area contributed by atoms with Gasteiger partial charge in [-0.15, -0.1) is 0 Å². The number of hydrogen-bond donors (Lipinski definition) is 1. The molecule has 1 aromatic carbocycles. The van der Waals surface area contributed by atoms with Crippen LogP contribution in [0.1, 0.15) is 0 Å². The molecule has 20 heavy (non-hydrogen) atoms. The molecule has 2 heterocycles. The smallest absolute Gasteiger partial charge is 0.302 e. The van der Waals surface area contributed by atoms with Gasteiger partial charge in [0, 0.05) is 6.20 Å². The number of hydrogen-bond acceptors (Lipinski definition) is 4. The van der Waals surface area contributed by atoms with E-state index in [9.17, 15) is 13.6 Å². The highest BCUT2D eigenvalue weighted by atomic mass is 19.2.